The van der Waals surface area contributed by atoms with Crippen LogP contribution >= 0.6 is 0 Å². The molecule has 10 heteroatoms. The molecule has 2 saturated heterocycles. The van der Waals surface area contributed by atoms with E-state index in [0.717, 1.165) is 13.1 Å². The lowest BCUT2D eigenvalue weighted by atomic mass is 10.2. The molecule has 0 saturated carbocycles. The molecule has 164 valence electrons. The van der Waals surface area contributed by atoms with E-state index in [1.807, 2.05) is 0 Å². The molecule has 3 rings (SSSR count). The first-order valence-corrected chi connectivity index (χ1v) is 11.3. The minimum atomic E-state index is -3.69. The maximum absolute atomic E-state index is 13.1. The molecule has 2 heterocycles. The smallest absolute Gasteiger partial charge is 0.246 e. The average Bonchev–Trinajstić information content (AvgIpc) is 2.74. The van der Waals surface area contributed by atoms with Crippen molar-refractivity contribution in [3.8, 4) is 11.5 Å². The van der Waals surface area contributed by atoms with Gasteiger partial charge in [0.2, 0.25) is 10.0 Å². The Hall–Kier alpha value is -1.43. The number of morpholine rings is 1. The van der Waals surface area contributed by atoms with Crippen LogP contribution in [-0.4, -0.2) is 114 Å². The Balaban J connectivity index is 1.57. The summed E-state index contributed by atoms with van der Waals surface area (Å²) in [5.41, 5.74) is 0. The van der Waals surface area contributed by atoms with Crippen molar-refractivity contribution < 1.29 is 27.7 Å². The number of sulfonamides is 1. The van der Waals surface area contributed by atoms with Crippen LogP contribution in [0.4, 0.5) is 0 Å². The van der Waals surface area contributed by atoms with Gasteiger partial charge in [-0.2, -0.15) is 4.31 Å². The number of hydrogen-bond donors (Lipinski definition) is 1. The van der Waals surface area contributed by atoms with Crippen LogP contribution in [-0.2, 0) is 14.8 Å². The summed E-state index contributed by atoms with van der Waals surface area (Å²) in [4.78, 5) is 4.42. The Morgan fingerprint density at radius 3 is 2.21 bits per heavy atom. The summed E-state index contributed by atoms with van der Waals surface area (Å²) >= 11 is 0. The Morgan fingerprint density at radius 1 is 1.00 bits per heavy atom. The highest BCUT2D eigenvalue weighted by molar-refractivity contribution is 7.89. The molecule has 0 aliphatic carbocycles. The fourth-order valence-corrected chi connectivity index (χ4v) is 5.31. The van der Waals surface area contributed by atoms with Crippen molar-refractivity contribution in [1.82, 2.24) is 14.1 Å². The summed E-state index contributed by atoms with van der Waals surface area (Å²) in [7, 11) is -0.743. The molecule has 29 heavy (non-hydrogen) atoms. The number of hydrogen-bond acceptors (Lipinski definition) is 8. The second kappa shape index (κ2) is 10.1. The molecule has 9 nitrogen and oxygen atoms in total. The lowest BCUT2D eigenvalue weighted by molar-refractivity contribution is 0.00469. The highest BCUT2D eigenvalue weighted by Gasteiger charge is 2.32. The maximum atomic E-state index is 13.1. The minimum absolute atomic E-state index is 0.111. The van der Waals surface area contributed by atoms with Crippen LogP contribution < -0.4 is 9.47 Å². The summed E-state index contributed by atoms with van der Waals surface area (Å²) in [5, 5.41) is 10.4. The number of piperazine rings is 1. The van der Waals surface area contributed by atoms with E-state index >= 15 is 0 Å². The zero-order chi connectivity index (χ0) is 20.9. The van der Waals surface area contributed by atoms with Crippen LogP contribution in [0.3, 0.4) is 0 Å². The van der Waals surface area contributed by atoms with Crippen molar-refractivity contribution >= 4 is 10.0 Å². The number of β-amino-alcohol motifs (C(OH)–C–C–N with tert-alkyl or cyclic N) is 1. The number of ether oxygens (including phenoxy) is 3. The molecule has 1 aromatic carbocycles. The van der Waals surface area contributed by atoms with Gasteiger partial charge in [0.25, 0.3) is 0 Å². The van der Waals surface area contributed by atoms with Gasteiger partial charge in [-0.25, -0.2) is 8.42 Å². The monoisotopic (exact) mass is 429 g/mol. The largest absolute Gasteiger partial charge is 0.497 e. The Bertz CT molecular complexity index is 761. The molecule has 0 aromatic heterocycles. The molecule has 1 N–H and O–H groups in total. The Morgan fingerprint density at radius 2 is 1.62 bits per heavy atom. The molecule has 0 radical (unpaired) electrons. The lowest BCUT2D eigenvalue weighted by Gasteiger charge is -2.36. The van der Waals surface area contributed by atoms with Crippen LogP contribution in [0.15, 0.2) is 23.1 Å². The third-order valence-corrected chi connectivity index (χ3v) is 7.28. The molecule has 2 aliphatic heterocycles. The summed E-state index contributed by atoms with van der Waals surface area (Å²) in [5.74, 6) is 0.767. The van der Waals surface area contributed by atoms with Crippen molar-refractivity contribution in [2.24, 2.45) is 0 Å². The van der Waals surface area contributed by atoms with Gasteiger partial charge in [0.15, 0.2) is 0 Å². The molecule has 0 amide bonds. The molecule has 0 bridgehead atoms. The van der Waals surface area contributed by atoms with E-state index in [1.165, 1.54) is 24.6 Å². The number of nitrogens with zero attached hydrogens (tertiary/aromatic N) is 3. The molecule has 0 spiro atoms. The van der Waals surface area contributed by atoms with Gasteiger partial charge < -0.3 is 19.3 Å². The van der Waals surface area contributed by atoms with Gasteiger partial charge in [0.1, 0.15) is 16.4 Å². The second-order valence-electron chi connectivity index (χ2n) is 7.29. The van der Waals surface area contributed by atoms with E-state index in [1.54, 1.807) is 12.1 Å². The molecule has 0 unspecified atom stereocenters. The first-order chi connectivity index (χ1) is 13.9. The van der Waals surface area contributed by atoms with Crippen LogP contribution in [0.1, 0.15) is 0 Å². The van der Waals surface area contributed by atoms with Gasteiger partial charge >= 0.3 is 0 Å². The third-order valence-electron chi connectivity index (χ3n) is 5.36. The van der Waals surface area contributed by atoms with Gasteiger partial charge in [0, 0.05) is 58.4 Å². The maximum Gasteiger partial charge on any atom is 0.246 e. The van der Waals surface area contributed by atoms with Gasteiger partial charge in [-0.15, -0.1) is 0 Å². The predicted octanol–water partition coefficient (Wildman–Crippen LogP) is -0.297. The number of aliphatic hydroxyl groups is 1. The third kappa shape index (κ3) is 5.59. The van der Waals surface area contributed by atoms with Crippen molar-refractivity contribution in [3.63, 3.8) is 0 Å². The summed E-state index contributed by atoms with van der Waals surface area (Å²) in [6.07, 6.45) is -0.463. The van der Waals surface area contributed by atoms with E-state index < -0.39 is 16.1 Å². The van der Waals surface area contributed by atoms with Crippen molar-refractivity contribution in [2.45, 2.75) is 11.0 Å². The van der Waals surface area contributed by atoms with E-state index in [9.17, 15) is 13.5 Å². The summed E-state index contributed by atoms with van der Waals surface area (Å²) < 4.78 is 43.5. The van der Waals surface area contributed by atoms with Crippen LogP contribution in [0, 0.1) is 0 Å². The average molecular weight is 430 g/mol. The van der Waals surface area contributed by atoms with Crippen LogP contribution in [0.5, 0.6) is 11.5 Å². The van der Waals surface area contributed by atoms with Crippen molar-refractivity contribution in [1.29, 1.82) is 0 Å². The van der Waals surface area contributed by atoms with Gasteiger partial charge in [-0.05, 0) is 12.1 Å². The number of aliphatic hydroxyl groups excluding tert-OH is 1. The molecular formula is C19H31N3O6S. The predicted molar refractivity (Wildman–Crippen MR) is 108 cm³/mol. The van der Waals surface area contributed by atoms with E-state index in [4.69, 9.17) is 14.2 Å². The Kier molecular flexibility index (Phi) is 7.72. The standard InChI is InChI=1S/C19H31N3O6S/c1-26-17-3-4-18(27-2)19(13-17)29(24,25)22-7-5-20(6-8-22)14-16(23)15-21-9-11-28-12-10-21/h3-4,13,16,23H,5-12,14-15H2,1-2H3/t16-/m1/s1. The fourth-order valence-electron chi connectivity index (χ4n) is 3.71. The lowest BCUT2D eigenvalue weighted by Crippen LogP contribution is -2.52. The zero-order valence-electron chi connectivity index (χ0n) is 17.1. The molecule has 1 aromatic rings. The minimum Gasteiger partial charge on any atom is -0.497 e. The summed E-state index contributed by atoms with van der Waals surface area (Å²) in [6, 6.07) is 4.77. The van der Waals surface area contributed by atoms with E-state index in [2.05, 4.69) is 9.80 Å². The normalized spacial score (nSPS) is 21.1. The highest BCUT2D eigenvalue weighted by atomic mass is 32.2. The SMILES string of the molecule is COc1ccc(OC)c(S(=O)(=O)N2CCN(C[C@@H](O)CN3CCOCC3)CC2)c1. The topological polar surface area (TPSA) is 91.8 Å². The number of rotatable bonds is 8. The number of methoxy groups -OCH3 is 2. The molecule has 2 fully saturated rings. The quantitative estimate of drug-likeness (QED) is 0.603. The first kappa shape index (κ1) is 22.3. The van der Waals surface area contributed by atoms with Crippen LogP contribution in [0.25, 0.3) is 0 Å². The summed E-state index contributed by atoms with van der Waals surface area (Å²) in [6.45, 7) is 6.12. The van der Waals surface area contributed by atoms with Crippen molar-refractivity contribution in [2.75, 3.05) is 79.8 Å². The molecular weight excluding hydrogens is 398 g/mol. The molecule has 2 aliphatic rings. The zero-order valence-corrected chi connectivity index (χ0v) is 17.9. The van der Waals surface area contributed by atoms with Crippen LogP contribution in [0.2, 0.25) is 0 Å². The molecule has 1 atom stereocenters. The number of benzene rings is 1. The highest BCUT2D eigenvalue weighted by Crippen LogP contribution is 2.31. The van der Waals surface area contributed by atoms with Gasteiger partial charge in [0.05, 0.1) is 33.5 Å². The van der Waals surface area contributed by atoms with E-state index in [0.29, 0.717) is 64.0 Å². The van der Waals surface area contributed by atoms with E-state index in [-0.39, 0.29) is 4.90 Å². The van der Waals surface area contributed by atoms with Gasteiger partial charge in [-0.1, -0.05) is 0 Å². The first-order valence-electron chi connectivity index (χ1n) is 9.86. The van der Waals surface area contributed by atoms with Crippen molar-refractivity contribution in [3.05, 3.63) is 18.2 Å². The Labute approximate surface area is 172 Å². The second-order valence-corrected chi connectivity index (χ2v) is 9.19. The van der Waals surface area contributed by atoms with Gasteiger partial charge in [-0.3, -0.25) is 9.80 Å². The fraction of sp³-hybridized carbons (Fsp3) is 0.684.